The van der Waals surface area contributed by atoms with E-state index in [1.807, 2.05) is 20.8 Å². The van der Waals surface area contributed by atoms with Crippen molar-refractivity contribution < 1.29 is 19.4 Å². The molecule has 0 aliphatic carbocycles. The van der Waals surface area contributed by atoms with Crippen LogP contribution in [0.2, 0.25) is 0 Å². The van der Waals surface area contributed by atoms with Gasteiger partial charge in [0, 0.05) is 11.9 Å². The van der Waals surface area contributed by atoms with Gasteiger partial charge in [-0.1, -0.05) is 6.08 Å². The number of amides is 2. The van der Waals surface area contributed by atoms with E-state index in [-0.39, 0.29) is 17.1 Å². The molecule has 1 rings (SSSR count). The molecule has 20 heavy (non-hydrogen) atoms. The standard InChI is InChI=1S/C13H18N2O4S/c1-5-6-14-10(16)9-8(19-13(2,3)4)7-20-11(9)15-12(17)18/h5,7,15H,1,6H2,2-4H3,(H,14,16)(H,17,18). The number of hydrogen-bond donors (Lipinski definition) is 3. The Balaban J connectivity index is 3.11. The van der Waals surface area contributed by atoms with Crippen LogP contribution < -0.4 is 15.4 Å². The maximum Gasteiger partial charge on any atom is 0.409 e. The second-order valence-corrected chi connectivity index (χ2v) is 5.83. The molecule has 0 saturated carbocycles. The predicted octanol–water partition coefficient (Wildman–Crippen LogP) is 2.93. The Morgan fingerprint density at radius 2 is 2.15 bits per heavy atom. The summed E-state index contributed by atoms with van der Waals surface area (Å²) in [7, 11) is 0. The topological polar surface area (TPSA) is 87.7 Å². The average Bonchev–Trinajstić information content (AvgIpc) is 2.65. The molecule has 1 aromatic rings. The molecular weight excluding hydrogens is 280 g/mol. The highest BCUT2D eigenvalue weighted by Gasteiger charge is 2.24. The van der Waals surface area contributed by atoms with Gasteiger partial charge in [-0.05, 0) is 20.8 Å². The zero-order valence-electron chi connectivity index (χ0n) is 11.6. The zero-order valence-corrected chi connectivity index (χ0v) is 12.5. The molecular formula is C13H18N2O4S. The number of carbonyl (C=O) groups excluding carboxylic acids is 1. The number of carboxylic acid groups (broad SMARTS) is 1. The first-order chi connectivity index (χ1) is 9.24. The first-order valence-corrected chi connectivity index (χ1v) is 6.82. The van der Waals surface area contributed by atoms with E-state index >= 15 is 0 Å². The Morgan fingerprint density at radius 1 is 1.50 bits per heavy atom. The summed E-state index contributed by atoms with van der Waals surface area (Å²) in [6.45, 7) is 9.34. The molecule has 110 valence electrons. The molecule has 1 aromatic heterocycles. The molecule has 0 unspecified atom stereocenters. The summed E-state index contributed by atoms with van der Waals surface area (Å²) in [5.41, 5.74) is -0.302. The lowest BCUT2D eigenvalue weighted by molar-refractivity contribution is 0.0940. The summed E-state index contributed by atoms with van der Waals surface area (Å²) in [6, 6.07) is 0. The van der Waals surface area contributed by atoms with E-state index in [2.05, 4.69) is 17.2 Å². The van der Waals surface area contributed by atoms with Crippen LogP contribution in [0.5, 0.6) is 5.75 Å². The first-order valence-electron chi connectivity index (χ1n) is 5.94. The van der Waals surface area contributed by atoms with E-state index in [4.69, 9.17) is 9.84 Å². The zero-order chi connectivity index (χ0) is 15.3. The quantitative estimate of drug-likeness (QED) is 0.729. The monoisotopic (exact) mass is 298 g/mol. The van der Waals surface area contributed by atoms with E-state index in [1.165, 1.54) is 0 Å². The molecule has 0 radical (unpaired) electrons. The van der Waals surface area contributed by atoms with Gasteiger partial charge in [0.1, 0.15) is 21.9 Å². The summed E-state index contributed by atoms with van der Waals surface area (Å²) >= 11 is 1.10. The van der Waals surface area contributed by atoms with Crippen molar-refractivity contribution in [2.24, 2.45) is 0 Å². The fourth-order valence-electron chi connectivity index (χ4n) is 1.40. The van der Waals surface area contributed by atoms with Crippen molar-refractivity contribution in [3.05, 3.63) is 23.6 Å². The van der Waals surface area contributed by atoms with Crippen molar-refractivity contribution in [2.45, 2.75) is 26.4 Å². The molecule has 0 atom stereocenters. The van der Waals surface area contributed by atoms with Gasteiger partial charge in [0.05, 0.1) is 0 Å². The van der Waals surface area contributed by atoms with Gasteiger partial charge in [-0.2, -0.15) is 0 Å². The molecule has 7 heteroatoms. The summed E-state index contributed by atoms with van der Waals surface area (Å²) in [5, 5.41) is 15.5. The van der Waals surface area contributed by atoms with E-state index < -0.39 is 17.6 Å². The van der Waals surface area contributed by atoms with Crippen LogP contribution in [0.1, 0.15) is 31.1 Å². The van der Waals surface area contributed by atoms with Crippen LogP contribution in [-0.2, 0) is 0 Å². The van der Waals surface area contributed by atoms with Gasteiger partial charge in [-0.15, -0.1) is 17.9 Å². The maximum atomic E-state index is 12.1. The fourth-order valence-corrected chi connectivity index (χ4v) is 2.25. The van der Waals surface area contributed by atoms with Crippen molar-refractivity contribution in [3.8, 4) is 5.75 Å². The third-order valence-electron chi connectivity index (χ3n) is 2.03. The van der Waals surface area contributed by atoms with Gasteiger partial charge in [-0.3, -0.25) is 10.1 Å². The summed E-state index contributed by atoms with van der Waals surface area (Å²) in [5.74, 6) is -0.0537. The van der Waals surface area contributed by atoms with Gasteiger partial charge >= 0.3 is 6.09 Å². The Morgan fingerprint density at radius 3 is 2.65 bits per heavy atom. The Labute approximate surface area is 121 Å². The number of anilines is 1. The van der Waals surface area contributed by atoms with Crippen LogP contribution in [0.3, 0.4) is 0 Å². The molecule has 0 aromatic carbocycles. The highest BCUT2D eigenvalue weighted by molar-refractivity contribution is 7.15. The van der Waals surface area contributed by atoms with Crippen molar-refractivity contribution in [1.82, 2.24) is 5.32 Å². The number of rotatable bonds is 5. The van der Waals surface area contributed by atoms with E-state index in [9.17, 15) is 9.59 Å². The molecule has 0 aliphatic heterocycles. The second-order valence-electron chi connectivity index (χ2n) is 4.95. The minimum Gasteiger partial charge on any atom is -0.486 e. The van der Waals surface area contributed by atoms with Crippen molar-refractivity contribution in [3.63, 3.8) is 0 Å². The highest BCUT2D eigenvalue weighted by Crippen LogP contribution is 2.36. The maximum absolute atomic E-state index is 12.1. The smallest absolute Gasteiger partial charge is 0.409 e. The third-order valence-corrected chi connectivity index (χ3v) is 2.90. The minimum atomic E-state index is -1.23. The molecule has 1 heterocycles. The highest BCUT2D eigenvalue weighted by atomic mass is 32.1. The fraction of sp³-hybridized carbons (Fsp3) is 0.385. The van der Waals surface area contributed by atoms with Gasteiger partial charge in [-0.25, -0.2) is 4.79 Å². The second kappa shape index (κ2) is 6.42. The SMILES string of the molecule is C=CCNC(=O)c1c(OC(C)(C)C)csc1NC(=O)O. The molecule has 6 nitrogen and oxygen atoms in total. The molecule has 3 N–H and O–H groups in total. The van der Waals surface area contributed by atoms with Gasteiger partial charge < -0.3 is 15.2 Å². The van der Waals surface area contributed by atoms with Crippen LogP contribution in [0.15, 0.2) is 18.0 Å². The lowest BCUT2D eigenvalue weighted by Gasteiger charge is -2.21. The number of carbonyl (C=O) groups is 2. The molecule has 0 bridgehead atoms. The summed E-state index contributed by atoms with van der Waals surface area (Å²) in [6.07, 6.45) is 0.311. The van der Waals surface area contributed by atoms with Crippen LogP contribution in [0.25, 0.3) is 0 Å². The van der Waals surface area contributed by atoms with Crippen molar-refractivity contribution in [1.29, 1.82) is 0 Å². The predicted molar refractivity (Wildman–Crippen MR) is 78.9 cm³/mol. The molecule has 0 spiro atoms. The Kier molecular flexibility index (Phi) is 5.15. The Bertz CT molecular complexity index is 517. The Hall–Kier alpha value is -2.02. The number of hydrogen-bond acceptors (Lipinski definition) is 4. The third kappa shape index (κ3) is 4.58. The molecule has 0 saturated heterocycles. The number of nitrogens with one attached hydrogen (secondary N) is 2. The van der Waals surface area contributed by atoms with Crippen LogP contribution in [0, 0.1) is 0 Å². The number of thiophene rings is 1. The lowest BCUT2D eigenvalue weighted by Crippen LogP contribution is -2.27. The van der Waals surface area contributed by atoms with E-state index in [1.54, 1.807) is 11.5 Å². The summed E-state index contributed by atoms with van der Waals surface area (Å²) < 4.78 is 5.69. The van der Waals surface area contributed by atoms with Crippen molar-refractivity contribution in [2.75, 3.05) is 11.9 Å². The summed E-state index contributed by atoms with van der Waals surface area (Å²) in [4.78, 5) is 22.9. The molecule has 0 fully saturated rings. The largest absolute Gasteiger partial charge is 0.486 e. The van der Waals surface area contributed by atoms with Crippen LogP contribution in [-0.4, -0.2) is 29.3 Å². The van der Waals surface area contributed by atoms with Crippen molar-refractivity contribution >= 4 is 28.3 Å². The van der Waals surface area contributed by atoms with E-state index in [0.717, 1.165) is 11.3 Å². The minimum absolute atomic E-state index is 0.189. The normalized spacial score (nSPS) is 10.8. The number of ether oxygens (including phenoxy) is 1. The average molecular weight is 298 g/mol. The van der Waals surface area contributed by atoms with Crippen LogP contribution >= 0.6 is 11.3 Å². The van der Waals surface area contributed by atoms with Gasteiger partial charge in [0.15, 0.2) is 0 Å². The lowest BCUT2D eigenvalue weighted by atomic mass is 10.2. The van der Waals surface area contributed by atoms with E-state index in [0.29, 0.717) is 5.75 Å². The molecule has 2 amide bonds. The van der Waals surface area contributed by atoms with Crippen LogP contribution in [0.4, 0.5) is 9.80 Å². The molecule has 0 aliphatic rings. The first kappa shape index (κ1) is 16.0. The van der Waals surface area contributed by atoms with Gasteiger partial charge in [0.2, 0.25) is 0 Å². The van der Waals surface area contributed by atoms with Gasteiger partial charge in [0.25, 0.3) is 5.91 Å².